The summed E-state index contributed by atoms with van der Waals surface area (Å²) in [6.45, 7) is 4.55. The van der Waals surface area contributed by atoms with E-state index in [2.05, 4.69) is 10.2 Å². The molecule has 3 amide bonds. The van der Waals surface area contributed by atoms with Crippen LogP contribution in [0.1, 0.15) is 11.1 Å². The van der Waals surface area contributed by atoms with E-state index in [9.17, 15) is 14.4 Å². The minimum Gasteiger partial charge on any atom is -0.496 e. The number of hydrogen-bond donors (Lipinski definition) is 1. The van der Waals surface area contributed by atoms with Crippen molar-refractivity contribution in [2.24, 2.45) is 0 Å². The quantitative estimate of drug-likeness (QED) is 0.651. The number of aryl methyl sites for hydroxylation is 1. The van der Waals surface area contributed by atoms with Gasteiger partial charge in [0.25, 0.3) is 11.1 Å². The molecule has 2 aromatic rings. The van der Waals surface area contributed by atoms with Crippen molar-refractivity contribution < 1.29 is 23.9 Å². The van der Waals surface area contributed by atoms with E-state index in [0.29, 0.717) is 30.2 Å². The number of thioether (sulfide) groups is 1. The topological polar surface area (TPSA) is 88.2 Å². The number of carbonyl (C=O) groups excluding carboxylic acids is 3. The molecular weight excluding hydrogens is 442 g/mol. The lowest BCUT2D eigenvalue weighted by Gasteiger charge is -2.29. The van der Waals surface area contributed by atoms with Gasteiger partial charge in [0.05, 0.1) is 25.2 Å². The first-order valence-electron chi connectivity index (χ1n) is 10.6. The Kier molecular flexibility index (Phi) is 7.00. The van der Waals surface area contributed by atoms with Crippen molar-refractivity contribution in [2.75, 3.05) is 50.2 Å². The van der Waals surface area contributed by atoms with Crippen LogP contribution in [0.5, 0.6) is 5.75 Å². The van der Waals surface area contributed by atoms with E-state index in [4.69, 9.17) is 9.47 Å². The van der Waals surface area contributed by atoms with Crippen LogP contribution in [0.2, 0.25) is 0 Å². The zero-order valence-electron chi connectivity index (χ0n) is 18.5. The minimum atomic E-state index is -0.497. The van der Waals surface area contributed by atoms with Crippen molar-refractivity contribution in [1.82, 2.24) is 4.90 Å². The standard InChI is InChI=1S/C24H25N3O5S/c1-16-3-6-18(7-4-16)25-22(28)15-27-23(29)21(33-24(27)30)13-17-5-8-19(14-20(17)31-2)26-9-11-32-12-10-26/h3-8,13-14H,9-12,15H2,1-2H3,(H,25,28). The predicted molar refractivity (Wildman–Crippen MR) is 129 cm³/mol. The monoisotopic (exact) mass is 467 g/mol. The second kappa shape index (κ2) is 10.1. The molecule has 0 radical (unpaired) electrons. The number of benzene rings is 2. The van der Waals surface area contributed by atoms with E-state index < -0.39 is 17.1 Å². The number of hydrogen-bond acceptors (Lipinski definition) is 7. The van der Waals surface area contributed by atoms with E-state index in [0.717, 1.165) is 41.0 Å². The van der Waals surface area contributed by atoms with Gasteiger partial charge < -0.3 is 19.7 Å². The van der Waals surface area contributed by atoms with Gasteiger partial charge in [-0.1, -0.05) is 17.7 Å². The fraction of sp³-hybridized carbons (Fsp3) is 0.292. The number of nitrogens with one attached hydrogen (secondary N) is 1. The molecule has 0 bridgehead atoms. The second-order valence-electron chi connectivity index (χ2n) is 7.71. The number of amides is 3. The molecule has 0 spiro atoms. The highest BCUT2D eigenvalue weighted by Crippen LogP contribution is 2.35. The van der Waals surface area contributed by atoms with Gasteiger partial charge in [-0.05, 0) is 49.0 Å². The Morgan fingerprint density at radius 1 is 1.15 bits per heavy atom. The number of morpholine rings is 1. The summed E-state index contributed by atoms with van der Waals surface area (Å²) in [6, 6.07) is 13.0. The van der Waals surface area contributed by atoms with Crippen molar-refractivity contribution in [3.63, 3.8) is 0 Å². The minimum absolute atomic E-state index is 0.251. The molecule has 0 aromatic heterocycles. The van der Waals surface area contributed by atoms with E-state index in [1.54, 1.807) is 25.3 Å². The highest BCUT2D eigenvalue weighted by Gasteiger charge is 2.36. The van der Waals surface area contributed by atoms with Crippen LogP contribution in [0.25, 0.3) is 6.08 Å². The van der Waals surface area contributed by atoms with Crippen LogP contribution in [-0.4, -0.2) is 61.9 Å². The summed E-state index contributed by atoms with van der Waals surface area (Å²) in [6.07, 6.45) is 1.63. The number of methoxy groups -OCH3 is 1. The summed E-state index contributed by atoms with van der Waals surface area (Å²) in [7, 11) is 1.57. The lowest BCUT2D eigenvalue weighted by molar-refractivity contribution is -0.127. The zero-order valence-corrected chi connectivity index (χ0v) is 19.3. The molecule has 9 heteroatoms. The summed E-state index contributed by atoms with van der Waals surface area (Å²) in [5.74, 6) is -0.332. The van der Waals surface area contributed by atoms with E-state index in [1.165, 1.54) is 0 Å². The van der Waals surface area contributed by atoms with E-state index >= 15 is 0 Å². The van der Waals surface area contributed by atoms with Gasteiger partial charge in [0.2, 0.25) is 5.91 Å². The summed E-state index contributed by atoms with van der Waals surface area (Å²) >= 11 is 0.814. The molecular formula is C24H25N3O5S. The Morgan fingerprint density at radius 3 is 2.58 bits per heavy atom. The Hall–Kier alpha value is -3.30. The summed E-state index contributed by atoms with van der Waals surface area (Å²) < 4.78 is 10.9. The molecule has 2 aliphatic rings. The van der Waals surface area contributed by atoms with Gasteiger partial charge in [-0.15, -0.1) is 0 Å². The van der Waals surface area contributed by atoms with E-state index in [1.807, 2.05) is 37.3 Å². The maximum atomic E-state index is 12.8. The van der Waals surface area contributed by atoms with Gasteiger partial charge in [-0.3, -0.25) is 19.3 Å². The number of nitrogens with zero attached hydrogens (tertiary/aromatic N) is 2. The molecule has 2 saturated heterocycles. The van der Waals surface area contributed by atoms with Crippen molar-refractivity contribution >= 4 is 46.3 Å². The molecule has 2 aromatic carbocycles. The second-order valence-corrected chi connectivity index (χ2v) is 8.70. The molecule has 4 rings (SSSR count). The summed E-state index contributed by atoms with van der Waals surface area (Å²) in [5, 5.41) is 2.23. The largest absolute Gasteiger partial charge is 0.496 e. The average molecular weight is 468 g/mol. The van der Waals surface area contributed by atoms with Crippen LogP contribution >= 0.6 is 11.8 Å². The Balaban J connectivity index is 1.46. The SMILES string of the molecule is COc1cc(N2CCOCC2)ccc1C=C1SC(=O)N(CC(=O)Nc2ccc(C)cc2)C1=O. The molecule has 2 fully saturated rings. The van der Waals surface area contributed by atoms with Crippen LogP contribution < -0.4 is 15.0 Å². The van der Waals surface area contributed by atoms with Crippen LogP contribution in [0, 0.1) is 6.92 Å². The highest BCUT2D eigenvalue weighted by atomic mass is 32.2. The smallest absolute Gasteiger partial charge is 0.294 e. The van der Waals surface area contributed by atoms with E-state index in [-0.39, 0.29) is 11.4 Å². The third-order valence-electron chi connectivity index (χ3n) is 5.39. The molecule has 0 unspecified atom stereocenters. The van der Waals surface area contributed by atoms with Crippen LogP contribution in [-0.2, 0) is 14.3 Å². The third kappa shape index (κ3) is 5.37. The number of imide groups is 1. The van der Waals surface area contributed by atoms with Gasteiger partial charge in [-0.25, -0.2) is 0 Å². The zero-order chi connectivity index (χ0) is 23.4. The summed E-state index contributed by atoms with van der Waals surface area (Å²) in [4.78, 5) is 41.1. The Labute approximate surface area is 196 Å². The first kappa shape index (κ1) is 22.9. The maximum Gasteiger partial charge on any atom is 0.294 e. The first-order valence-corrected chi connectivity index (χ1v) is 11.4. The molecule has 172 valence electrons. The van der Waals surface area contributed by atoms with Crippen LogP contribution in [0.4, 0.5) is 16.2 Å². The van der Waals surface area contributed by atoms with Gasteiger partial charge in [-0.2, -0.15) is 0 Å². The predicted octanol–water partition coefficient (Wildman–Crippen LogP) is 3.52. The molecule has 33 heavy (non-hydrogen) atoms. The van der Waals surface area contributed by atoms with Crippen molar-refractivity contribution in [2.45, 2.75) is 6.92 Å². The normalized spacial score (nSPS) is 17.6. The molecule has 2 aliphatic heterocycles. The number of anilines is 2. The van der Waals surface area contributed by atoms with Crippen LogP contribution in [0.15, 0.2) is 47.4 Å². The molecule has 0 aliphatic carbocycles. The molecule has 1 N–H and O–H groups in total. The maximum absolute atomic E-state index is 12.8. The van der Waals surface area contributed by atoms with Gasteiger partial charge in [0, 0.05) is 36.1 Å². The fourth-order valence-electron chi connectivity index (χ4n) is 3.60. The van der Waals surface area contributed by atoms with Crippen LogP contribution in [0.3, 0.4) is 0 Å². The Morgan fingerprint density at radius 2 is 1.88 bits per heavy atom. The van der Waals surface area contributed by atoms with Gasteiger partial charge in [0.15, 0.2) is 0 Å². The number of carbonyl (C=O) groups is 3. The first-order chi connectivity index (χ1) is 15.9. The number of ether oxygens (including phenoxy) is 2. The molecule has 2 heterocycles. The lowest BCUT2D eigenvalue weighted by atomic mass is 10.1. The van der Waals surface area contributed by atoms with Gasteiger partial charge >= 0.3 is 0 Å². The summed E-state index contributed by atoms with van der Waals surface area (Å²) in [5.41, 5.74) is 3.37. The molecule has 8 nitrogen and oxygen atoms in total. The van der Waals surface area contributed by atoms with Crippen molar-refractivity contribution in [1.29, 1.82) is 0 Å². The number of rotatable bonds is 6. The highest BCUT2D eigenvalue weighted by molar-refractivity contribution is 8.18. The fourth-order valence-corrected chi connectivity index (χ4v) is 4.43. The van der Waals surface area contributed by atoms with Gasteiger partial charge in [0.1, 0.15) is 12.3 Å². The molecule has 0 saturated carbocycles. The van der Waals surface area contributed by atoms with Crippen molar-refractivity contribution in [3.8, 4) is 5.75 Å². The lowest BCUT2D eigenvalue weighted by Crippen LogP contribution is -2.36. The Bertz CT molecular complexity index is 1090. The third-order valence-corrected chi connectivity index (χ3v) is 6.30. The average Bonchev–Trinajstić information content (AvgIpc) is 3.08. The van der Waals surface area contributed by atoms with Crippen molar-refractivity contribution in [3.05, 3.63) is 58.5 Å². The molecule has 0 atom stereocenters.